The van der Waals surface area contributed by atoms with Gasteiger partial charge in [-0.05, 0) is 31.6 Å². The topological polar surface area (TPSA) is 29.5 Å². The Hall–Kier alpha value is -0.0800. The van der Waals surface area contributed by atoms with E-state index in [0.717, 1.165) is 18.8 Å². The molecule has 0 aromatic carbocycles. The molecule has 2 heteroatoms. The summed E-state index contributed by atoms with van der Waals surface area (Å²) < 4.78 is 5.40. The third-order valence-electron chi connectivity index (χ3n) is 3.43. The van der Waals surface area contributed by atoms with E-state index in [1.807, 2.05) is 0 Å². The molecule has 1 rings (SSSR count). The molecule has 0 aromatic heterocycles. The second kappa shape index (κ2) is 4.97. The molecule has 78 valence electrons. The van der Waals surface area contributed by atoms with Crippen LogP contribution in [0.4, 0.5) is 0 Å². The standard InChI is InChI=1S/C11H22O2/c1-3-4-10-5-7-11(9-12,13-2)8-6-10/h10,12H,3-9H2,1-2H3. The lowest BCUT2D eigenvalue weighted by Gasteiger charge is -2.37. The Bertz CT molecular complexity index is 131. The fourth-order valence-corrected chi connectivity index (χ4v) is 2.33. The van der Waals surface area contributed by atoms with Crippen molar-refractivity contribution in [2.45, 2.75) is 51.0 Å². The van der Waals surface area contributed by atoms with Crippen molar-refractivity contribution in [3.05, 3.63) is 0 Å². The second-order valence-electron chi connectivity index (χ2n) is 4.28. The molecule has 0 saturated heterocycles. The molecule has 0 aromatic rings. The fourth-order valence-electron chi connectivity index (χ4n) is 2.33. The molecule has 1 fully saturated rings. The molecule has 0 spiro atoms. The van der Waals surface area contributed by atoms with E-state index in [2.05, 4.69) is 6.92 Å². The highest BCUT2D eigenvalue weighted by Gasteiger charge is 2.34. The van der Waals surface area contributed by atoms with Crippen LogP contribution in [0.5, 0.6) is 0 Å². The van der Waals surface area contributed by atoms with Crippen LogP contribution in [0.15, 0.2) is 0 Å². The third kappa shape index (κ3) is 2.68. The van der Waals surface area contributed by atoms with Gasteiger partial charge in [-0.1, -0.05) is 19.8 Å². The zero-order valence-electron chi connectivity index (χ0n) is 8.88. The van der Waals surface area contributed by atoms with Gasteiger partial charge >= 0.3 is 0 Å². The van der Waals surface area contributed by atoms with Gasteiger partial charge in [0.05, 0.1) is 12.2 Å². The number of aliphatic hydroxyl groups excluding tert-OH is 1. The highest BCUT2D eigenvalue weighted by atomic mass is 16.5. The molecule has 1 saturated carbocycles. The van der Waals surface area contributed by atoms with E-state index in [1.54, 1.807) is 7.11 Å². The summed E-state index contributed by atoms with van der Waals surface area (Å²) in [7, 11) is 1.72. The Labute approximate surface area is 81.3 Å². The summed E-state index contributed by atoms with van der Waals surface area (Å²) in [4.78, 5) is 0. The van der Waals surface area contributed by atoms with Crippen LogP contribution in [0.1, 0.15) is 45.4 Å². The van der Waals surface area contributed by atoms with Crippen molar-refractivity contribution in [3.63, 3.8) is 0 Å². The van der Waals surface area contributed by atoms with Crippen LogP contribution in [-0.4, -0.2) is 24.4 Å². The first kappa shape index (κ1) is 11.0. The smallest absolute Gasteiger partial charge is 0.0908 e. The molecule has 13 heavy (non-hydrogen) atoms. The van der Waals surface area contributed by atoms with Gasteiger partial charge in [-0.3, -0.25) is 0 Å². The van der Waals surface area contributed by atoms with Gasteiger partial charge in [-0.2, -0.15) is 0 Å². The van der Waals surface area contributed by atoms with Gasteiger partial charge in [-0.25, -0.2) is 0 Å². The summed E-state index contributed by atoms with van der Waals surface area (Å²) in [6.07, 6.45) is 7.13. The molecule has 0 unspecified atom stereocenters. The minimum atomic E-state index is -0.204. The lowest BCUT2D eigenvalue weighted by atomic mass is 9.77. The molecule has 0 atom stereocenters. The Balaban J connectivity index is 2.36. The molecular weight excluding hydrogens is 164 g/mol. The third-order valence-corrected chi connectivity index (χ3v) is 3.43. The van der Waals surface area contributed by atoms with Crippen molar-refractivity contribution >= 4 is 0 Å². The summed E-state index contributed by atoms with van der Waals surface area (Å²) >= 11 is 0. The van der Waals surface area contributed by atoms with Crippen molar-refractivity contribution in [3.8, 4) is 0 Å². The van der Waals surface area contributed by atoms with Crippen LogP contribution in [0.3, 0.4) is 0 Å². The van der Waals surface area contributed by atoms with E-state index in [0.29, 0.717) is 0 Å². The van der Waals surface area contributed by atoms with E-state index in [1.165, 1.54) is 25.7 Å². The predicted octanol–water partition coefficient (Wildman–Crippen LogP) is 2.35. The van der Waals surface area contributed by atoms with Crippen LogP contribution < -0.4 is 0 Å². The highest BCUT2D eigenvalue weighted by Crippen LogP contribution is 2.35. The number of hydrogen-bond donors (Lipinski definition) is 1. The van der Waals surface area contributed by atoms with Gasteiger partial charge in [0.2, 0.25) is 0 Å². The van der Waals surface area contributed by atoms with Crippen LogP contribution >= 0.6 is 0 Å². The Morgan fingerprint density at radius 3 is 2.38 bits per heavy atom. The minimum Gasteiger partial charge on any atom is -0.393 e. The second-order valence-corrected chi connectivity index (χ2v) is 4.28. The molecule has 0 aliphatic heterocycles. The molecule has 1 N–H and O–H groups in total. The summed E-state index contributed by atoms with van der Waals surface area (Å²) in [5, 5.41) is 9.23. The number of ether oxygens (including phenoxy) is 1. The maximum absolute atomic E-state index is 9.23. The average molecular weight is 186 g/mol. The molecular formula is C11H22O2. The van der Waals surface area contributed by atoms with E-state index in [4.69, 9.17) is 4.74 Å². The van der Waals surface area contributed by atoms with Gasteiger partial charge in [0.25, 0.3) is 0 Å². The quantitative estimate of drug-likeness (QED) is 0.730. The van der Waals surface area contributed by atoms with E-state index < -0.39 is 0 Å². The summed E-state index contributed by atoms with van der Waals surface area (Å²) in [5.41, 5.74) is -0.204. The monoisotopic (exact) mass is 186 g/mol. The number of rotatable bonds is 4. The Morgan fingerprint density at radius 1 is 1.38 bits per heavy atom. The fraction of sp³-hybridized carbons (Fsp3) is 1.00. The van der Waals surface area contributed by atoms with Crippen molar-refractivity contribution in [1.29, 1.82) is 0 Å². The van der Waals surface area contributed by atoms with Gasteiger partial charge in [0.15, 0.2) is 0 Å². The van der Waals surface area contributed by atoms with Gasteiger partial charge in [0.1, 0.15) is 0 Å². The molecule has 2 nitrogen and oxygen atoms in total. The predicted molar refractivity (Wildman–Crippen MR) is 53.7 cm³/mol. The maximum atomic E-state index is 9.23. The maximum Gasteiger partial charge on any atom is 0.0908 e. The van der Waals surface area contributed by atoms with Crippen LogP contribution in [0.2, 0.25) is 0 Å². The molecule has 0 radical (unpaired) electrons. The molecule has 0 amide bonds. The van der Waals surface area contributed by atoms with Crippen molar-refractivity contribution in [2.75, 3.05) is 13.7 Å². The van der Waals surface area contributed by atoms with E-state index in [9.17, 15) is 5.11 Å². The SMILES string of the molecule is CCCC1CCC(CO)(OC)CC1. The summed E-state index contributed by atoms with van der Waals surface area (Å²) in [6.45, 7) is 2.42. The lowest BCUT2D eigenvalue weighted by molar-refractivity contribution is -0.0837. The van der Waals surface area contributed by atoms with Crippen LogP contribution in [-0.2, 0) is 4.74 Å². The lowest BCUT2D eigenvalue weighted by Crippen LogP contribution is -2.39. The molecule has 1 aliphatic carbocycles. The van der Waals surface area contributed by atoms with Crippen LogP contribution in [0.25, 0.3) is 0 Å². The Morgan fingerprint density at radius 2 is 2.00 bits per heavy atom. The number of hydrogen-bond acceptors (Lipinski definition) is 2. The highest BCUT2D eigenvalue weighted by molar-refractivity contribution is 4.86. The summed E-state index contributed by atoms with van der Waals surface area (Å²) in [6, 6.07) is 0. The molecule has 0 bridgehead atoms. The van der Waals surface area contributed by atoms with Gasteiger partial charge in [0, 0.05) is 7.11 Å². The Kier molecular flexibility index (Phi) is 4.20. The zero-order chi connectivity index (χ0) is 9.73. The van der Waals surface area contributed by atoms with E-state index >= 15 is 0 Å². The van der Waals surface area contributed by atoms with E-state index in [-0.39, 0.29) is 12.2 Å². The number of aliphatic hydroxyl groups is 1. The van der Waals surface area contributed by atoms with Crippen LogP contribution in [0, 0.1) is 5.92 Å². The van der Waals surface area contributed by atoms with Crippen molar-refractivity contribution < 1.29 is 9.84 Å². The van der Waals surface area contributed by atoms with Gasteiger partial charge in [-0.15, -0.1) is 0 Å². The zero-order valence-corrected chi connectivity index (χ0v) is 8.88. The van der Waals surface area contributed by atoms with Crippen molar-refractivity contribution in [2.24, 2.45) is 5.92 Å². The first-order chi connectivity index (χ1) is 6.26. The first-order valence-electron chi connectivity index (χ1n) is 5.42. The van der Waals surface area contributed by atoms with Crippen molar-refractivity contribution in [1.82, 2.24) is 0 Å². The van der Waals surface area contributed by atoms with Gasteiger partial charge < -0.3 is 9.84 Å². The largest absolute Gasteiger partial charge is 0.393 e. The minimum absolute atomic E-state index is 0.183. The number of methoxy groups -OCH3 is 1. The first-order valence-corrected chi connectivity index (χ1v) is 5.42. The average Bonchev–Trinajstić information content (AvgIpc) is 2.20. The molecule has 1 aliphatic rings. The normalized spacial score (nSPS) is 34.8. The summed E-state index contributed by atoms with van der Waals surface area (Å²) in [5.74, 6) is 0.875. The molecule has 0 heterocycles.